The van der Waals surface area contributed by atoms with E-state index in [0.717, 1.165) is 4.90 Å². The molecule has 7 heteroatoms. The smallest absolute Gasteiger partial charge is 0.326 e. The number of hydrogen-bond donors (Lipinski definition) is 1. The maximum Gasteiger partial charge on any atom is 0.326 e. The molecule has 0 radical (unpaired) electrons. The number of para-hydroxylation sites is 1. The topological polar surface area (TPSA) is 92.8 Å². The zero-order valence-corrected chi connectivity index (χ0v) is 14.1. The SMILES string of the molecule is C[C@H](OC(=O)CN1C(=O)C(=O)c2ccccc21)C(=O)NC(C)(C)C. The molecule has 0 saturated carbocycles. The van der Waals surface area contributed by atoms with Crippen LogP contribution in [0.3, 0.4) is 0 Å². The lowest BCUT2D eigenvalue weighted by molar-refractivity contribution is -0.154. The number of anilines is 1. The van der Waals surface area contributed by atoms with E-state index in [2.05, 4.69) is 5.32 Å². The Morgan fingerprint density at radius 2 is 1.83 bits per heavy atom. The van der Waals surface area contributed by atoms with Crippen LogP contribution in [0.5, 0.6) is 0 Å². The van der Waals surface area contributed by atoms with Gasteiger partial charge in [-0.25, -0.2) is 0 Å². The maximum atomic E-state index is 12.0. The minimum Gasteiger partial charge on any atom is -0.451 e. The molecule has 1 aliphatic rings. The zero-order chi connectivity index (χ0) is 18.1. The van der Waals surface area contributed by atoms with Crippen molar-refractivity contribution in [1.82, 2.24) is 5.32 Å². The Kier molecular flexibility index (Phi) is 4.73. The van der Waals surface area contributed by atoms with Crippen molar-refractivity contribution < 1.29 is 23.9 Å². The molecule has 1 heterocycles. The molecule has 2 rings (SSSR count). The number of fused-ring (bicyclic) bond motifs is 1. The number of amides is 2. The first-order valence-corrected chi connectivity index (χ1v) is 7.57. The number of Topliss-reactive ketones (excluding diaryl/α,β-unsaturated/α-hetero) is 1. The van der Waals surface area contributed by atoms with Crippen LogP contribution in [0.25, 0.3) is 0 Å². The third-order valence-corrected chi connectivity index (χ3v) is 3.34. The number of ketones is 1. The van der Waals surface area contributed by atoms with Gasteiger partial charge in [-0.05, 0) is 39.8 Å². The molecule has 0 bridgehead atoms. The summed E-state index contributed by atoms with van der Waals surface area (Å²) in [7, 11) is 0. The van der Waals surface area contributed by atoms with Crippen LogP contribution in [0.4, 0.5) is 5.69 Å². The predicted octanol–water partition coefficient (Wildman–Crippen LogP) is 1.06. The molecule has 0 spiro atoms. The van der Waals surface area contributed by atoms with E-state index >= 15 is 0 Å². The molecule has 0 fully saturated rings. The van der Waals surface area contributed by atoms with Crippen molar-refractivity contribution in [1.29, 1.82) is 0 Å². The second-order valence-electron chi connectivity index (χ2n) is 6.61. The molecule has 0 aromatic heterocycles. The third-order valence-electron chi connectivity index (χ3n) is 3.34. The molecule has 24 heavy (non-hydrogen) atoms. The van der Waals surface area contributed by atoms with E-state index in [0.29, 0.717) is 5.69 Å². The summed E-state index contributed by atoms with van der Waals surface area (Å²) in [6.07, 6.45) is -1.000. The minimum atomic E-state index is -1.000. The monoisotopic (exact) mass is 332 g/mol. The lowest BCUT2D eigenvalue weighted by Gasteiger charge is -2.23. The Hall–Kier alpha value is -2.70. The van der Waals surface area contributed by atoms with Crippen molar-refractivity contribution in [3.05, 3.63) is 29.8 Å². The number of benzene rings is 1. The zero-order valence-electron chi connectivity index (χ0n) is 14.1. The third kappa shape index (κ3) is 3.79. The van der Waals surface area contributed by atoms with Crippen LogP contribution < -0.4 is 10.2 Å². The van der Waals surface area contributed by atoms with E-state index in [1.54, 1.807) is 18.2 Å². The fraction of sp³-hybridized carbons (Fsp3) is 0.412. The van der Waals surface area contributed by atoms with Gasteiger partial charge in [0.05, 0.1) is 11.3 Å². The highest BCUT2D eigenvalue weighted by atomic mass is 16.5. The quantitative estimate of drug-likeness (QED) is 0.657. The summed E-state index contributed by atoms with van der Waals surface area (Å²) in [5, 5.41) is 2.70. The maximum absolute atomic E-state index is 12.0. The van der Waals surface area contributed by atoms with Crippen molar-refractivity contribution in [2.24, 2.45) is 0 Å². The minimum absolute atomic E-state index is 0.258. The summed E-state index contributed by atoms with van der Waals surface area (Å²) >= 11 is 0. The summed E-state index contributed by atoms with van der Waals surface area (Å²) in [6, 6.07) is 6.43. The highest BCUT2D eigenvalue weighted by Gasteiger charge is 2.37. The molecule has 1 atom stereocenters. The molecule has 7 nitrogen and oxygen atoms in total. The van der Waals surface area contributed by atoms with Gasteiger partial charge in [0.25, 0.3) is 17.6 Å². The van der Waals surface area contributed by atoms with Crippen molar-refractivity contribution in [3.63, 3.8) is 0 Å². The number of nitrogens with zero attached hydrogens (tertiary/aromatic N) is 1. The molecule has 1 aliphatic heterocycles. The predicted molar refractivity (Wildman–Crippen MR) is 86.6 cm³/mol. The summed E-state index contributed by atoms with van der Waals surface area (Å²) in [4.78, 5) is 48.9. The first-order valence-electron chi connectivity index (χ1n) is 7.57. The van der Waals surface area contributed by atoms with Crippen molar-refractivity contribution in [2.45, 2.75) is 39.3 Å². The second kappa shape index (κ2) is 6.43. The average Bonchev–Trinajstić information content (AvgIpc) is 2.71. The Balaban J connectivity index is 2.02. The van der Waals surface area contributed by atoms with Gasteiger partial charge >= 0.3 is 5.97 Å². The van der Waals surface area contributed by atoms with Gasteiger partial charge in [-0.3, -0.25) is 24.1 Å². The summed E-state index contributed by atoms with van der Waals surface area (Å²) in [5.74, 6) is -2.62. The highest BCUT2D eigenvalue weighted by Crippen LogP contribution is 2.28. The molecular weight excluding hydrogens is 312 g/mol. The van der Waals surface area contributed by atoms with E-state index in [4.69, 9.17) is 4.74 Å². The molecule has 0 saturated heterocycles. The van der Waals surface area contributed by atoms with Crippen LogP contribution in [0.1, 0.15) is 38.1 Å². The molecule has 2 amide bonds. The fourth-order valence-corrected chi connectivity index (χ4v) is 2.29. The first-order chi connectivity index (χ1) is 11.1. The largest absolute Gasteiger partial charge is 0.451 e. The molecule has 128 valence electrons. The van der Waals surface area contributed by atoms with Crippen LogP contribution in [0, 0.1) is 0 Å². The fourth-order valence-electron chi connectivity index (χ4n) is 2.29. The summed E-state index contributed by atoms with van der Waals surface area (Å²) in [5.41, 5.74) is 0.179. The van der Waals surface area contributed by atoms with Crippen LogP contribution in [-0.4, -0.2) is 41.8 Å². The van der Waals surface area contributed by atoms with Crippen molar-refractivity contribution >= 4 is 29.3 Å². The van der Waals surface area contributed by atoms with Gasteiger partial charge in [0, 0.05) is 5.54 Å². The van der Waals surface area contributed by atoms with Gasteiger partial charge in [-0.1, -0.05) is 12.1 Å². The van der Waals surface area contributed by atoms with Gasteiger partial charge in [0.15, 0.2) is 6.10 Å². The number of carbonyl (C=O) groups is 4. The molecule has 0 unspecified atom stereocenters. The Morgan fingerprint density at radius 1 is 1.21 bits per heavy atom. The number of rotatable bonds is 4. The lowest BCUT2D eigenvalue weighted by Crippen LogP contribution is -2.47. The number of carbonyl (C=O) groups excluding carboxylic acids is 4. The molecular formula is C17H20N2O5. The van der Waals surface area contributed by atoms with Crippen molar-refractivity contribution in [3.8, 4) is 0 Å². The number of ether oxygens (including phenoxy) is 1. The van der Waals surface area contributed by atoms with Crippen LogP contribution >= 0.6 is 0 Å². The normalized spacial score (nSPS) is 15.1. The van der Waals surface area contributed by atoms with E-state index in [9.17, 15) is 19.2 Å². The van der Waals surface area contributed by atoms with Crippen LogP contribution in [0.2, 0.25) is 0 Å². The lowest BCUT2D eigenvalue weighted by atomic mass is 10.1. The van der Waals surface area contributed by atoms with E-state index in [1.165, 1.54) is 13.0 Å². The van der Waals surface area contributed by atoms with Crippen molar-refractivity contribution in [2.75, 3.05) is 11.4 Å². The Morgan fingerprint density at radius 3 is 2.46 bits per heavy atom. The van der Waals surface area contributed by atoms with E-state index < -0.39 is 41.8 Å². The second-order valence-corrected chi connectivity index (χ2v) is 6.61. The van der Waals surface area contributed by atoms with E-state index in [-0.39, 0.29) is 5.56 Å². The highest BCUT2D eigenvalue weighted by molar-refractivity contribution is 6.52. The molecule has 0 aliphatic carbocycles. The Bertz CT molecular complexity index is 705. The number of hydrogen-bond acceptors (Lipinski definition) is 5. The average molecular weight is 332 g/mol. The number of esters is 1. The van der Waals surface area contributed by atoms with Gasteiger partial charge < -0.3 is 10.1 Å². The molecule has 1 aromatic carbocycles. The van der Waals surface area contributed by atoms with Gasteiger partial charge in [-0.15, -0.1) is 0 Å². The summed E-state index contributed by atoms with van der Waals surface area (Å²) in [6.45, 7) is 6.46. The summed E-state index contributed by atoms with van der Waals surface area (Å²) < 4.78 is 5.06. The van der Waals surface area contributed by atoms with Gasteiger partial charge in [-0.2, -0.15) is 0 Å². The molecule has 1 N–H and O–H groups in total. The van der Waals surface area contributed by atoms with Crippen LogP contribution in [-0.2, 0) is 19.1 Å². The first kappa shape index (κ1) is 17.7. The standard InChI is InChI=1S/C17H20N2O5/c1-10(15(22)18-17(2,3)4)24-13(20)9-19-12-8-6-5-7-11(12)14(21)16(19)23/h5-8,10H,9H2,1-4H3,(H,18,22)/t10-/m0/s1. The van der Waals surface area contributed by atoms with Crippen LogP contribution in [0.15, 0.2) is 24.3 Å². The number of nitrogens with one attached hydrogen (secondary N) is 1. The van der Waals surface area contributed by atoms with Gasteiger partial charge in [0.2, 0.25) is 0 Å². The Labute approximate surface area is 140 Å². The van der Waals surface area contributed by atoms with Gasteiger partial charge in [0.1, 0.15) is 6.54 Å². The van der Waals surface area contributed by atoms with E-state index in [1.807, 2.05) is 20.8 Å². The molecule has 1 aromatic rings.